The molecule has 4 heteroatoms. The second-order valence-corrected chi connectivity index (χ2v) is 4.77. The van der Waals surface area contributed by atoms with Crippen molar-refractivity contribution in [3.63, 3.8) is 0 Å². The van der Waals surface area contributed by atoms with Crippen LogP contribution in [0.15, 0.2) is 18.5 Å². The molecule has 0 spiro atoms. The summed E-state index contributed by atoms with van der Waals surface area (Å²) in [5.41, 5.74) is 2.57. The number of rotatable bonds is 4. The van der Waals surface area contributed by atoms with E-state index in [2.05, 4.69) is 35.1 Å². The zero-order valence-electron chi connectivity index (χ0n) is 11.4. The van der Waals surface area contributed by atoms with Crippen LogP contribution in [0, 0.1) is 0 Å². The molecule has 1 aliphatic rings. The Kier molecular flexibility index (Phi) is 4.96. The number of hydrogen-bond donors (Lipinski definition) is 1. The predicted molar refractivity (Wildman–Crippen MR) is 73.9 cm³/mol. The molecule has 0 saturated carbocycles. The third-order valence-electron chi connectivity index (χ3n) is 3.24. The third kappa shape index (κ3) is 3.43. The van der Waals surface area contributed by atoms with E-state index in [1.165, 1.54) is 11.3 Å². The highest BCUT2D eigenvalue weighted by Crippen LogP contribution is 2.21. The maximum atomic E-state index is 5.70. The van der Waals surface area contributed by atoms with Crippen LogP contribution in [0.4, 0.5) is 5.69 Å². The largest absolute Gasteiger partial charge is 0.377 e. The Balaban J connectivity index is 2.14. The molecule has 18 heavy (non-hydrogen) atoms. The van der Waals surface area contributed by atoms with Gasteiger partial charge in [-0.05, 0) is 26.0 Å². The van der Waals surface area contributed by atoms with E-state index < -0.39 is 0 Å². The molecule has 100 valence electrons. The van der Waals surface area contributed by atoms with Crippen molar-refractivity contribution in [2.45, 2.75) is 32.9 Å². The first kappa shape index (κ1) is 13.3. The van der Waals surface area contributed by atoms with Crippen LogP contribution in [0.25, 0.3) is 0 Å². The molecule has 1 aromatic heterocycles. The van der Waals surface area contributed by atoms with Crippen LogP contribution in [-0.4, -0.2) is 37.3 Å². The minimum absolute atomic E-state index is 0.299. The van der Waals surface area contributed by atoms with E-state index in [-0.39, 0.29) is 0 Å². The Morgan fingerprint density at radius 3 is 3.28 bits per heavy atom. The van der Waals surface area contributed by atoms with Gasteiger partial charge in [-0.1, -0.05) is 6.92 Å². The fraction of sp³-hybridized carbons (Fsp3) is 0.643. The topological polar surface area (TPSA) is 37.4 Å². The average Bonchev–Trinajstić information content (AvgIpc) is 2.61. The monoisotopic (exact) mass is 249 g/mol. The summed E-state index contributed by atoms with van der Waals surface area (Å²) in [4.78, 5) is 6.66. The minimum Gasteiger partial charge on any atom is -0.377 e. The zero-order valence-corrected chi connectivity index (χ0v) is 11.4. The molecule has 0 bridgehead atoms. The second kappa shape index (κ2) is 6.71. The molecule has 1 atom stereocenters. The summed E-state index contributed by atoms with van der Waals surface area (Å²) < 4.78 is 5.70. The van der Waals surface area contributed by atoms with Crippen LogP contribution in [0.2, 0.25) is 0 Å². The molecule has 4 nitrogen and oxygen atoms in total. The first-order chi connectivity index (χ1) is 8.81. The van der Waals surface area contributed by atoms with E-state index >= 15 is 0 Å². The van der Waals surface area contributed by atoms with Crippen molar-refractivity contribution in [3.8, 4) is 0 Å². The normalized spacial score (nSPS) is 20.8. The molecular weight excluding hydrogens is 226 g/mol. The lowest BCUT2D eigenvalue weighted by atomic mass is 10.2. The highest BCUT2D eigenvalue weighted by atomic mass is 16.5. The van der Waals surface area contributed by atoms with Crippen LogP contribution in [0.3, 0.4) is 0 Å². The average molecular weight is 249 g/mol. The van der Waals surface area contributed by atoms with Gasteiger partial charge in [0, 0.05) is 49.9 Å². The number of nitrogens with zero attached hydrogens (tertiary/aromatic N) is 2. The van der Waals surface area contributed by atoms with Gasteiger partial charge in [-0.15, -0.1) is 0 Å². The number of ether oxygens (including phenoxy) is 1. The maximum Gasteiger partial charge on any atom is 0.0721 e. The molecule has 0 aliphatic carbocycles. The van der Waals surface area contributed by atoms with Crippen molar-refractivity contribution >= 4 is 5.69 Å². The van der Waals surface area contributed by atoms with E-state index in [4.69, 9.17) is 4.74 Å². The molecule has 1 aliphatic heterocycles. The van der Waals surface area contributed by atoms with Gasteiger partial charge >= 0.3 is 0 Å². The summed E-state index contributed by atoms with van der Waals surface area (Å²) >= 11 is 0. The van der Waals surface area contributed by atoms with Crippen LogP contribution in [0.5, 0.6) is 0 Å². The lowest BCUT2D eigenvalue weighted by molar-refractivity contribution is 0.0821. The van der Waals surface area contributed by atoms with Crippen molar-refractivity contribution in [2.75, 3.05) is 31.1 Å². The second-order valence-electron chi connectivity index (χ2n) is 4.77. The van der Waals surface area contributed by atoms with Crippen LogP contribution < -0.4 is 10.2 Å². The molecule has 1 unspecified atom stereocenters. The highest BCUT2D eigenvalue weighted by Gasteiger charge is 2.17. The van der Waals surface area contributed by atoms with Crippen molar-refractivity contribution in [3.05, 3.63) is 24.0 Å². The SMILES string of the molecule is CCNCc1cnccc1N1CCCOC(C)C1. The third-order valence-corrected chi connectivity index (χ3v) is 3.24. The molecule has 1 aromatic rings. The zero-order chi connectivity index (χ0) is 12.8. The van der Waals surface area contributed by atoms with Gasteiger partial charge in [-0.2, -0.15) is 0 Å². The number of hydrogen-bond acceptors (Lipinski definition) is 4. The predicted octanol–water partition coefficient (Wildman–Crippen LogP) is 1.81. The van der Waals surface area contributed by atoms with E-state index in [1.54, 1.807) is 0 Å². The quantitative estimate of drug-likeness (QED) is 0.883. The van der Waals surface area contributed by atoms with E-state index in [1.807, 2.05) is 12.4 Å². The van der Waals surface area contributed by atoms with Crippen molar-refractivity contribution in [1.29, 1.82) is 0 Å². The standard InChI is InChI=1S/C14H23N3O/c1-3-15-9-13-10-16-6-5-14(13)17-7-4-8-18-12(2)11-17/h5-6,10,12,15H,3-4,7-9,11H2,1-2H3. The smallest absolute Gasteiger partial charge is 0.0721 e. The van der Waals surface area contributed by atoms with Gasteiger partial charge in [0.15, 0.2) is 0 Å². The molecule has 0 amide bonds. The highest BCUT2D eigenvalue weighted by molar-refractivity contribution is 5.52. The first-order valence-corrected chi connectivity index (χ1v) is 6.81. The Labute approximate surface area is 109 Å². The lowest BCUT2D eigenvalue weighted by Crippen LogP contribution is -2.31. The molecule has 2 heterocycles. The van der Waals surface area contributed by atoms with Gasteiger partial charge in [0.05, 0.1) is 6.10 Å². The molecule has 0 radical (unpaired) electrons. The number of aromatic nitrogens is 1. The fourth-order valence-corrected chi connectivity index (χ4v) is 2.34. The van der Waals surface area contributed by atoms with Gasteiger partial charge in [-0.3, -0.25) is 4.98 Å². The molecule has 1 fully saturated rings. The van der Waals surface area contributed by atoms with Crippen molar-refractivity contribution < 1.29 is 4.74 Å². The van der Waals surface area contributed by atoms with Gasteiger partial charge in [0.2, 0.25) is 0 Å². The van der Waals surface area contributed by atoms with Gasteiger partial charge in [-0.25, -0.2) is 0 Å². The minimum atomic E-state index is 0.299. The molecule has 0 aromatic carbocycles. The number of pyridine rings is 1. The maximum absolute atomic E-state index is 5.70. The Hall–Kier alpha value is -1.13. The van der Waals surface area contributed by atoms with Crippen LogP contribution in [0.1, 0.15) is 25.8 Å². The first-order valence-electron chi connectivity index (χ1n) is 6.81. The number of nitrogens with one attached hydrogen (secondary N) is 1. The number of anilines is 1. The molecule has 2 rings (SSSR count). The van der Waals surface area contributed by atoms with E-state index in [9.17, 15) is 0 Å². The van der Waals surface area contributed by atoms with Gasteiger partial charge in [0.25, 0.3) is 0 Å². The molecule has 1 N–H and O–H groups in total. The summed E-state index contributed by atoms with van der Waals surface area (Å²) in [7, 11) is 0. The molecular formula is C14H23N3O. The van der Waals surface area contributed by atoms with Crippen molar-refractivity contribution in [1.82, 2.24) is 10.3 Å². The van der Waals surface area contributed by atoms with Gasteiger partial charge < -0.3 is 15.0 Å². The van der Waals surface area contributed by atoms with Crippen LogP contribution in [-0.2, 0) is 11.3 Å². The summed E-state index contributed by atoms with van der Waals surface area (Å²) in [5, 5.41) is 3.37. The van der Waals surface area contributed by atoms with Crippen LogP contribution >= 0.6 is 0 Å². The Bertz CT molecular complexity index is 370. The summed E-state index contributed by atoms with van der Waals surface area (Å²) in [6.07, 6.45) is 5.23. The Morgan fingerprint density at radius 1 is 1.56 bits per heavy atom. The fourth-order valence-electron chi connectivity index (χ4n) is 2.34. The molecule has 1 saturated heterocycles. The van der Waals surface area contributed by atoms with E-state index in [0.717, 1.165) is 39.2 Å². The summed E-state index contributed by atoms with van der Waals surface area (Å²) in [6, 6.07) is 2.12. The van der Waals surface area contributed by atoms with Gasteiger partial charge in [0.1, 0.15) is 0 Å². The van der Waals surface area contributed by atoms with E-state index in [0.29, 0.717) is 6.10 Å². The summed E-state index contributed by atoms with van der Waals surface area (Å²) in [6.45, 7) is 9.02. The Morgan fingerprint density at radius 2 is 2.44 bits per heavy atom. The van der Waals surface area contributed by atoms with Crippen molar-refractivity contribution in [2.24, 2.45) is 0 Å². The summed E-state index contributed by atoms with van der Waals surface area (Å²) in [5.74, 6) is 0. The lowest BCUT2D eigenvalue weighted by Gasteiger charge is -2.26.